The molecule has 3 aromatic carbocycles. The van der Waals surface area contributed by atoms with E-state index in [2.05, 4.69) is 17.1 Å². The first-order valence-corrected chi connectivity index (χ1v) is 11.0. The Morgan fingerprint density at radius 3 is 2.53 bits per heavy atom. The molecule has 158 valence electrons. The lowest BCUT2D eigenvalue weighted by Crippen LogP contribution is -2.39. The summed E-state index contributed by atoms with van der Waals surface area (Å²) in [7, 11) is 1.34. The van der Waals surface area contributed by atoms with Crippen molar-refractivity contribution in [3.05, 3.63) is 115 Å². The van der Waals surface area contributed by atoms with Crippen LogP contribution in [0.4, 0.5) is 0 Å². The number of methoxy groups -OCH3 is 1. The van der Waals surface area contributed by atoms with Crippen LogP contribution in [0.3, 0.4) is 0 Å². The third-order valence-electron chi connectivity index (χ3n) is 5.65. The second-order valence-corrected chi connectivity index (χ2v) is 8.56. The summed E-state index contributed by atoms with van der Waals surface area (Å²) >= 11 is 1.33. The van der Waals surface area contributed by atoms with Crippen LogP contribution < -0.4 is 14.9 Å². The summed E-state index contributed by atoms with van der Waals surface area (Å²) in [5.74, 6) is -0.483. The van der Waals surface area contributed by atoms with Gasteiger partial charge in [0.05, 0.1) is 29.0 Å². The standard InChI is InChI=1S/C26H20N2O3S/c1-16-22(25(30)31-2)23(18-10-4-3-5-11-18)28-24(29)21(32-26(28)27-16)15-19-13-8-12-17-9-6-7-14-20(17)19/h3-15,23H,1-2H3/b21-15-/t23-/m1/s1. The normalized spacial score (nSPS) is 16.1. The van der Waals surface area contributed by atoms with Crippen molar-refractivity contribution in [2.45, 2.75) is 13.0 Å². The van der Waals surface area contributed by atoms with Crippen LogP contribution in [0.15, 0.2) is 93.9 Å². The van der Waals surface area contributed by atoms with E-state index in [1.807, 2.05) is 66.7 Å². The topological polar surface area (TPSA) is 60.7 Å². The van der Waals surface area contributed by atoms with Gasteiger partial charge in [0.1, 0.15) is 0 Å². The molecule has 32 heavy (non-hydrogen) atoms. The van der Waals surface area contributed by atoms with Crippen LogP contribution >= 0.6 is 11.3 Å². The monoisotopic (exact) mass is 440 g/mol. The first-order valence-electron chi connectivity index (χ1n) is 10.2. The van der Waals surface area contributed by atoms with Gasteiger partial charge in [-0.15, -0.1) is 0 Å². The molecule has 0 N–H and O–H groups in total. The number of nitrogens with zero attached hydrogens (tertiary/aromatic N) is 2. The van der Waals surface area contributed by atoms with Gasteiger partial charge in [-0.2, -0.15) is 0 Å². The highest BCUT2D eigenvalue weighted by Crippen LogP contribution is 2.30. The van der Waals surface area contributed by atoms with Crippen molar-refractivity contribution in [3.8, 4) is 0 Å². The highest BCUT2D eigenvalue weighted by Gasteiger charge is 2.32. The van der Waals surface area contributed by atoms with Gasteiger partial charge in [0.25, 0.3) is 5.56 Å². The molecule has 2 heterocycles. The Balaban J connectivity index is 1.77. The lowest BCUT2D eigenvalue weighted by molar-refractivity contribution is -0.136. The Hall–Kier alpha value is -3.77. The summed E-state index contributed by atoms with van der Waals surface area (Å²) in [5, 5.41) is 2.19. The number of esters is 1. The minimum absolute atomic E-state index is 0.176. The highest BCUT2D eigenvalue weighted by molar-refractivity contribution is 7.07. The molecule has 1 aromatic heterocycles. The molecular formula is C26H20N2O3S. The van der Waals surface area contributed by atoms with Gasteiger partial charge in [-0.25, -0.2) is 9.79 Å². The summed E-state index contributed by atoms with van der Waals surface area (Å²) in [5.41, 5.74) is 2.56. The van der Waals surface area contributed by atoms with Crippen molar-refractivity contribution in [1.82, 2.24) is 4.57 Å². The fraction of sp³-hybridized carbons (Fsp3) is 0.115. The minimum atomic E-state index is -0.588. The number of thiazole rings is 1. The van der Waals surface area contributed by atoms with Crippen LogP contribution in [0, 0.1) is 0 Å². The van der Waals surface area contributed by atoms with E-state index in [1.165, 1.54) is 18.4 Å². The van der Waals surface area contributed by atoms with Crippen LogP contribution in [0.1, 0.15) is 24.1 Å². The molecule has 0 amide bonds. The molecule has 1 aliphatic heterocycles. The van der Waals surface area contributed by atoms with Crippen LogP contribution in [0.2, 0.25) is 0 Å². The molecule has 0 aliphatic carbocycles. The Labute approximate surface area is 188 Å². The van der Waals surface area contributed by atoms with Crippen LogP contribution in [-0.2, 0) is 9.53 Å². The molecule has 4 aromatic rings. The largest absolute Gasteiger partial charge is 0.466 e. The van der Waals surface area contributed by atoms with Gasteiger partial charge in [-0.3, -0.25) is 9.36 Å². The molecule has 6 heteroatoms. The van der Waals surface area contributed by atoms with Gasteiger partial charge in [0.2, 0.25) is 0 Å². The maximum atomic E-state index is 13.6. The summed E-state index contributed by atoms with van der Waals surface area (Å²) in [6, 6.07) is 23.0. The van der Waals surface area contributed by atoms with E-state index in [9.17, 15) is 9.59 Å². The van der Waals surface area contributed by atoms with E-state index in [1.54, 1.807) is 11.5 Å². The van der Waals surface area contributed by atoms with Crippen molar-refractivity contribution in [2.24, 2.45) is 4.99 Å². The molecule has 0 radical (unpaired) electrons. The number of carbonyl (C=O) groups is 1. The fourth-order valence-electron chi connectivity index (χ4n) is 4.16. The zero-order chi connectivity index (χ0) is 22.2. The van der Waals surface area contributed by atoms with Crippen LogP contribution in [0.25, 0.3) is 16.8 Å². The van der Waals surface area contributed by atoms with Gasteiger partial charge >= 0.3 is 5.97 Å². The first-order chi connectivity index (χ1) is 15.6. The average molecular weight is 441 g/mol. The number of carbonyl (C=O) groups excluding carboxylic acids is 1. The van der Waals surface area contributed by atoms with Crippen molar-refractivity contribution in [3.63, 3.8) is 0 Å². The average Bonchev–Trinajstić information content (AvgIpc) is 3.13. The molecular weight excluding hydrogens is 420 g/mol. The number of rotatable bonds is 3. The summed E-state index contributed by atoms with van der Waals surface area (Å²) in [6.07, 6.45) is 1.91. The quantitative estimate of drug-likeness (QED) is 0.458. The van der Waals surface area contributed by atoms with E-state index in [-0.39, 0.29) is 5.56 Å². The second-order valence-electron chi connectivity index (χ2n) is 7.55. The molecule has 0 bridgehead atoms. The summed E-state index contributed by atoms with van der Waals surface area (Å²) in [6.45, 7) is 1.78. The molecule has 0 unspecified atom stereocenters. The molecule has 5 rings (SSSR count). The van der Waals surface area contributed by atoms with Gasteiger partial charge in [0.15, 0.2) is 4.80 Å². The van der Waals surface area contributed by atoms with Gasteiger partial charge in [0, 0.05) is 0 Å². The van der Waals surface area contributed by atoms with Crippen molar-refractivity contribution in [1.29, 1.82) is 0 Å². The van der Waals surface area contributed by atoms with Gasteiger partial charge < -0.3 is 4.74 Å². The van der Waals surface area contributed by atoms with Crippen molar-refractivity contribution in [2.75, 3.05) is 7.11 Å². The van der Waals surface area contributed by atoms with Crippen molar-refractivity contribution >= 4 is 34.2 Å². The van der Waals surface area contributed by atoms with E-state index < -0.39 is 12.0 Å². The lowest BCUT2D eigenvalue weighted by atomic mass is 9.96. The maximum Gasteiger partial charge on any atom is 0.338 e. The lowest BCUT2D eigenvalue weighted by Gasteiger charge is -2.24. The number of ether oxygens (including phenoxy) is 1. The smallest absolute Gasteiger partial charge is 0.338 e. The molecule has 1 aliphatic rings. The minimum Gasteiger partial charge on any atom is -0.466 e. The molecule has 0 saturated carbocycles. The zero-order valence-electron chi connectivity index (χ0n) is 17.6. The highest BCUT2D eigenvalue weighted by atomic mass is 32.1. The number of aromatic nitrogens is 1. The number of hydrogen-bond donors (Lipinski definition) is 0. The first kappa shape index (κ1) is 20.2. The Morgan fingerprint density at radius 1 is 1.03 bits per heavy atom. The second kappa shape index (κ2) is 8.05. The van der Waals surface area contributed by atoms with Crippen LogP contribution in [-0.4, -0.2) is 17.6 Å². The number of hydrogen-bond acceptors (Lipinski definition) is 5. The van der Waals surface area contributed by atoms with E-state index in [0.29, 0.717) is 20.6 Å². The van der Waals surface area contributed by atoms with E-state index in [4.69, 9.17) is 4.74 Å². The predicted molar refractivity (Wildman–Crippen MR) is 126 cm³/mol. The zero-order valence-corrected chi connectivity index (χ0v) is 18.4. The molecule has 0 saturated heterocycles. The van der Waals surface area contributed by atoms with Gasteiger partial charge in [-0.05, 0) is 34.9 Å². The number of allylic oxidation sites excluding steroid dienone is 1. The number of fused-ring (bicyclic) bond motifs is 2. The third kappa shape index (κ3) is 3.29. The summed E-state index contributed by atoms with van der Waals surface area (Å²) < 4.78 is 7.22. The number of benzene rings is 3. The van der Waals surface area contributed by atoms with Crippen molar-refractivity contribution < 1.29 is 9.53 Å². The Kier molecular flexibility index (Phi) is 5.07. The SMILES string of the molecule is COC(=O)C1=C(C)N=c2s/c(=C\c3cccc4ccccc34)c(=O)n2[C@@H]1c1ccccc1. The van der Waals surface area contributed by atoms with Gasteiger partial charge in [-0.1, -0.05) is 84.1 Å². The summed E-state index contributed by atoms with van der Waals surface area (Å²) in [4.78, 5) is 31.4. The predicted octanol–water partition coefficient (Wildman–Crippen LogP) is 3.56. The molecule has 0 fully saturated rings. The van der Waals surface area contributed by atoms with E-state index >= 15 is 0 Å². The molecule has 1 atom stereocenters. The maximum absolute atomic E-state index is 13.6. The fourth-order valence-corrected chi connectivity index (χ4v) is 5.20. The Morgan fingerprint density at radius 2 is 1.75 bits per heavy atom. The Bertz CT molecular complexity index is 1560. The van der Waals surface area contributed by atoms with Crippen LogP contribution in [0.5, 0.6) is 0 Å². The molecule has 0 spiro atoms. The van der Waals surface area contributed by atoms with E-state index in [0.717, 1.165) is 21.9 Å². The molecule has 5 nitrogen and oxygen atoms in total. The third-order valence-corrected chi connectivity index (χ3v) is 6.64.